The van der Waals surface area contributed by atoms with Crippen molar-refractivity contribution in [1.29, 1.82) is 0 Å². The molecular formula is C14H17N3S. The molecule has 4 heteroatoms. The van der Waals surface area contributed by atoms with E-state index in [1.807, 2.05) is 0 Å². The molecule has 3 rings (SSSR count). The van der Waals surface area contributed by atoms with Crippen molar-refractivity contribution >= 4 is 11.3 Å². The van der Waals surface area contributed by atoms with Crippen LogP contribution in [0.3, 0.4) is 0 Å². The normalized spacial score (nSPS) is 15.6. The van der Waals surface area contributed by atoms with Gasteiger partial charge in [0.05, 0.1) is 5.69 Å². The Balaban J connectivity index is 1.71. The van der Waals surface area contributed by atoms with Crippen molar-refractivity contribution in [3.05, 3.63) is 51.5 Å². The molecule has 0 aliphatic carbocycles. The van der Waals surface area contributed by atoms with Crippen molar-refractivity contribution < 1.29 is 0 Å². The molecule has 0 amide bonds. The molecule has 94 valence electrons. The largest absolute Gasteiger partial charge is 0.325 e. The molecule has 0 fully saturated rings. The first-order chi connectivity index (χ1) is 8.85. The van der Waals surface area contributed by atoms with Crippen molar-refractivity contribution in [3.63, 3.8) is 0 Å². The molecule has 0 saturated carbocycles. The fraction of sp³-hybridized carbons (Fsp3) is 0.357. The third-order valence-corrected chi connectivity index (χ3v) is 4.45. The van der Waals surface area contributed by atoms with Crippen LogP contribution in [0.25, 0.3) is 0 Å². The second-order valence-electron chi connectivity index (χ2n) is 4.63. The molecular weight excluding hydrogens is 242 g/mol. The number of hydrogen-bond acceptors (Lipinski definition) is 4. The van der Waals surface area contributed by atoms with Crippen molar-refractivity contribution in [2.45, 2.75) is 26.1 Å². The summed E-state index contributed by atoms with van der Waals surface area (Å²) in [6.45, 7) is 3.65. The van der Waals surface area contributed by atoms with Crippen LogP contribution >= 0.6 is 11.3 Å². The molecule has 1 aliphatic rings. The van der Waals surface area contributed by atoms with Gasteiger partial charge >= 0.3 is 0 Å². The average Bonchev–Trinajstić information content (AvgIpc) is 2.82. The predicted octanol–water partition coefficient (Wildman–Crippen LogP) is 2.16. The average molecular weight is 259 g/mol. The van der Waals surface area contributed by atoms with Crippen LogP contribution in [0.15, 0.2) is 30.3 Å². The number of aromatic nitrogens is 1. The highest BCUT2D eigenvalue weighted by atomic mass is 32.1. The summed E-state index contributed by atoms with van der Waals surface area (Å²) in [4.78, 5) is 8.50. The van der Waals surface area contributed by atoms with Crippen LogP contribution in [0.2, 0.25) is 0 Å². The van der Waals surface area contributed by atoms with Crippen molar-refractivity contribution in [1.82, 2.24) is 9.88 Å². The minimum Gasteiger partial charge on any atom is -0.325 e. The molecule has 0 unspecified atom stereocenters. The second-order valence-corrected chi connectivity index (χ2v) is 5.80. The summed E-state index contributed by atoms with van der Waals surface area (Å²) in [7, 11) is 0. The first-order valence-electron chi connectivity index (χ1n) is 6.29. The number of thiazole rings is 1. The monoisotopic (exact) mass is 259 g/mol. The van der Waals surface area contributed by atoms with Gasteiger partial charge in [-0.25, -0.2) is 4.98 Å². The number of fused-ring (bicyclic) bond motifs is 1. The summed E-state index contributed by atoms with van der Waals surface area (Å²) < 4.78 is 0. The topological polar surface area (TPSA) is 42.1 Å². The van der Waals surface area contributed by atoms with Crippen molar-refractivity contribution in [3.8, 4) is 0 Å². The van der Waals surface area contributed by atoms with Gasteiger partial charge in [0.2, 0.25) is 0 Å². The van der Waals surface area contributed by atoms with Gasteiger partial charge in [-0.1, -0.05) is 30.3 Å². The van der Waals surface area contributed by atoms with Gasteiger partial charge < -0.3 is 5.73 Å². The molecule has 2 aromatic rings. The molecule has 0 saturated heterocycles. The highest BCUT2D eigenvalue weighted by Crippen LogP contribution is 2.25. The molecule has 3 nitrogen and oxygen atoms in total. The minimum atomic E-state index is 0.566. The van der Waals surface area contributed by atoms with E-state index in [0.29, 0.717) is 6.54 Å². The highest BCUT2D eigenvalue weighted by molar-refractivity contribution is 7.11. The Morgan fingerprint density at radius 1 is 1.28 bits per heavy atom. The Bertz CT molecular complexity index is 521. The summed E-state index contributed by atoms with van der Waals surface area (Å²) in [5, 5.41) is 1.07. The highest BCUT2D eigenvalue weighted by Gasteiger charge is 2.20. The maximum atomic E-state index is 5.65. The van der Waals surface area contributed by atoms with Crippen LogP contribution in [0.1, 0.15) is 21.1 Å². The van der Waals surface area contributed by atoms with E-state index < -0.39 is 0 Å². The lowest BCUT2D eigenvalue weighted by Gasteiger charge is -2.25. The Labute approximate surface area is 111 Å². The van der Waals surface area contributed by atoms with Gasteiger partial charge in [0.15, 0.2) is 0 Å². The van der Waals surface area contributed by atoms with Gasteiger partial charge in [-0.3, -0.25) is 4.90 Å². The maximum absolute atomic E-state index is 5.65. The predicted molar refractivity (Wildman–Crippen MR) is 74.3 cm³/mol. The molecule has 2 N–H and O–H groups in total. The van der Waals surface area contributed by atoms with E-state index in [1.165, 1.54) is 16.1 Å². The summed E-state index contributed by atoms with van der Waals surface area (Å²) >= 11 is 1.78. The quantitative estimate of drug-likeness (QED) is 0.918. The lowest BCUT2D eigenvalue weighted by molar-refractivity contribution is 0.244. The molecule has 0 spiro atoms. The van der Waals surface area contributed by atoms with Crippen LogP contribution < -0.4 is 5.73 Å². The van der Waals surface area contributed by atoms with Gasteiger partial charge in [-0.2, -0.15) is 0 Å². The summed E-state index contributed by atoms with van der Waals surface area (Å²) in [5.74, 6) is 0. The smallest absolute Gasteiger partial charge is 0.107 e. The summed E-state index contributed by atoms with van der Waals surface area (Å²) in [6, 6.07) is 10.6. The lowest BCUT2D eigenvalue weighted by Crippen LogP contribution is -2.29. The first-order valence-corrected chi connectivity index (χ1v) is 7.10. The maximum Gasteiger partial charge on any atom is 0.107 e. The van der Waals surface area contributed by atoms with Crippen LogP contribution in [-0.2, 0) is 26.1 Å². The summed E-state index contributed by atoms with van der Waals surface area (Å²) in [6.07, 6.45) is 1.11. The van der Waals surface area contributed by atoms with Gasteiger partial charge in [0.1, 0.15) is 5.01 Å². The zero-order valence-corrected chi connectivity index (χ0v) is 11.1. The van der Waals surface area contributed by atoms with Gasteiger partial charge in [0.25, 0.3) is 0 Å². The third-order valence-electron chi connectivity index (χ3n) is 3.27. The van der Waals surface area contributed by atoms with E-state index in [1.54, 1.807) is 11.3 Å². The third kappa shape index (κ3) is 2.46. The Morgan fingerprint density at radius 3 is 2.89 bits per heavy atom. The molecule has 0 atom stereocenters. The van der Waals surface area contributed by atoms with Crippen LogP contribution in [-0.4, -0.2) is 16.4 Å². The Hall–Kier alpha value is -1.23. The van der Waals surface area contributed by atoms with Crippen molar-refractivity contribution in [2.75, 3.05) is 6.54 Å². The lowest BCUT2D eigenvalue weighted by atomic mass is 10.1. The standard InChI is InChI=1S/C14H17N3S/c15-8-14-16-12-10-17(7-6-13(12)18-14)9-11-4-2-1-3-5-11/h1-5H,6-10,15H2. The van der Waals surface area contributed by atoms with Gasteiger partial charge in [0, 0.05) is 31.1 Å². The number of nitrogens with zero attached hydrogens (tertiary/aromatic N) is 2. The molecule has 1 aromatic carbocycles. The molecule has 1 aliphatic heterocycles. The molecule has 0 bridgehead atoms. The number of nitrogens with two attached hydrogens (primary N) is 1. The number of benzene rings is 1. The van der Waals surface area contributed by atoms with E-state index in [2.05, 4.69) is 40.2 Å². The number of hydrogen-bond donors (Lipinski definition) is 1. The second kappa shape index (κ2) is 5.18. The molecule has 2 heterocycles. The fourth-order valence-electron chi connectivity index (χ4n) is 2.37. The Kier molecular flexibility index (Phi) is 3.41. The SMILES string of the molecule is NCc1nc2c(s1)CCN(Cc1ccccc1)C2. The van der Waals surface area contributed by atoms with Crippen molar-refractivity contribution in [2.24, 2.45) is 5.73 Å². The van der Waals surface area contributed by atoms with Crippen LogP contribution in [0, 0.1) is 0 Å². The van der Waals surface area contributed by atoms with E-state index in [0.717, 1.165) is 31.1 Å². The number of rotatable bonds is 3. The minimum absolute atomic E-state index is 0.566. The zero-order chi connectivity index (χ0) is 12.4. The zero-order valence-electron chi connectivity index (χ0n) is 10.3. The van der Waals surface area contributed by atoms with E-state index in [4.69, 9.17) is 5.73 Å². The van der Waals surface area contributed by atoms with E-state index in [-0.39, 0.29) is 0 Å². The van der Waals surface area contributed by atoms with E-state index >= 15 is 0 Å². The fourth-order valence-corrected chi connectivity index (χ4v) is 3.32. The van der Waals surface area contributed by atoms with Crippen LogP contribution in [0.4, 0.5) is 0 Å². The molecule has 18 heavy (non-hydrogen) atoms. The first kappa shape index (κ1) is 11.8. The van der Waals surface area contributed by atoms with Gasteiger partial charge in [-0.15, -0.1) is 11.3 Å². The molecule has 1 aromatic heterocycles. The van der Waals surface area contributed by atoms with Gasteiger partial charge in [-0.05, 0) is 12.0 Å². The summed E-state index contributed by atoms with van der Waals surface area (Å²) in [5.41, 5.74) is 8.26. The van der Waals surface area contributed by atoms with Crippen LogP contribution in [0.5, 0.6) is 0 Å². The Morgan fingerprint density at radius 2 is 2.11 bits per heavy atom. The van der Waals surface area contributed by atoms with E-state index in [9.17, 15) is 0 Å². The molecule has 0 radical (unpaired) electrons.